The molecular formula is C28H46O2. The van der Waals surface area contributed by atoms with E-state index in [1.165, 1.54) is 96.3 Å². The standard InChI is InChI=1S/C28H46O2/c1-2-3-4-5-6-7-8-9-10-11-12-13-14-15-16-17-18-19-23-26-28(29)30-27-24-21-20-22-25-27/h9-10,20-22,24-25H,2-8,11-19,23,26H2,1H3/b10-9-. The highest BCUT2D eigenvalue weighted by Gasteiger charge is 2.03. The lowest BCUT2D eigenvalue weighted by Gasteiger charge is -2.04. The molecule has 2 nitrogen and oxygen atoms in total. The highest BCUT2D eigenvalue weighted by Crippen LogP contribution is 2.14. The Morgan fingerprint density at radius 1 is 0.667 bits per heavy atom. The minimum atomic E-state index is -0.109. The van der Waals surface area contributed by atoms with Gasteiger partial charge in [0.15, 0.2) is 0 Å². The van der Waals surface area contributed by atoms with Gasteiger partial charge in [-0.2, -0.15) is 0 Å². The molecule has 0 saturated heterocycles. The Balaban J connectivity index is 1.76. The molecule has 0 bridgehead atoms. The highest BCUT2D eigenvalue weighted by molar-refractivity contribution is 5.72. The van der Waals surface area contributed by atoms with Gasteiger partial charge in [0.25, 0.3) is 0 Å². The van der Waals surface area contributed by atoms with Crippen molar-refractivity contribution in [3.05, 3.63) is 42.5 Å². The van der Waals surface area contributed by atoms with Gasteiger partial charge in [0, 0.05) is 6.42 Å². The topological polar surface area (TPSA) is 26.3 Å². The smallest absolute Gasteiger partial charge is 0.311 e. The molecule has 0 N–H and O–H groups in total. The van der Waals surface area contributed by atoms with Crippen molar-refractivity contribution in [2.24, 2.45) is 0 Å². The number of hydrogen-bond acceptors (Lipinski definition) is 2. The first-order valence-electron chi connectivity index (χ1n) is 12.7. The van der Waals surface area contributed by atoms with E-state index in [9.17, 15) is 4.79 Å². The normalized spacial score (nSPS) is 11.2. The predicted molar refractivity (Wildman–Crippen MR) is 130 cm³/mol. The number of unbranched alkanes of at least 4 members (excludes halogenated alkanes) is 15. The number of allylic oxidation sites excluding steroid dienone is 2. The van der Waals surface area contributed by atoms with Gasteiger partial charge >= 0.3 is 5.97 Å². The summed E-state index contributed by atoms with van der Waals surface area (Å²) in [5.74, 6) is 0.540. The van der Waals surface area contributed by atoms with Crippen molar-refractivity contribution in [3.63, 3.8) is 0 Å². The van der Waals surface area contributed by atoms with E-state index in [4.69, 9.17) is 4.74 Å². The van der Waals surface area contributed by atoms with Gasteiger partial charge in [-0.05, 0) is 44.2 Å². The lowest BCUT2D eigenvalue weighted by Crippen LogP contribution is -2.07. The fourth-order valence-electron chi connectivity index (χ4n) is 3.72. The average molecular weight is 415 g/mol. The van der Waals surface area contributed by atoms with Crippen molar-refractivity contribution in [2.45, 2.75) is 122 Å². The van der Waals surface area contributed by atoms with Gasteiger partial charge in [0.1, 0.15) is 5.75 Å². The number of carbonyl (C=O) groups excluding carboxylic acids is 1. The number of benzene rings is 1. The molecule has 1 aromatic carbocycles. The lowest BCUT2D eigenvalue weighted by atomic mass is 10.1. The zero-order valence-electron chi connectivity index (χ0n) is 19.6. The van der Waals surface area contributed by atoms with Crippen LogP contribution in [0.1, 0.15) is 122 Å². The molecule has 0 unspecified atom stereocenters. The van der Waals surface area contributed by atoms with Crippen LogP contribution in [0.4, 0.5) is 0 Å². The minimum Gasteiger partial charge on any atom is -0.427 e. The van der Waals surface area contributed by atoms with Crippen LogP contribution in [0.15, 0.2) is 42.5 Å². The molecular weight excluding hydrogens is 368 g/mol. The molecule has 1 aromatic rings. The van der Waals surface area contributed by atoms with Crippen molar-refractivity contribution < 1.29 is 9.53 Å². The van der Waals surface area contributed by atoms with Gasteiger partial charge in [-0.25, -0.2) is 0 Å². The number of para-hydroxylation sites is 1. The van der Waals surface area contributed by atoms with Crippen LogP contribution in [0.3, 0.4) is 0 Å². The molecule has 0 fully saturated rings. The molecule has 0 aromatic heterocycles. The van der Waals surface area contributed by atoms with Crippen LogP contribution < -0.4 is 4.74 Å². The molecule has 0 spiro atoms. The Labute approximate surface area is 186 Å². The SMILES string of the molecule is CCCCCCCC/C=C\CCCCCCCCCCCC(=O)Oc1ccccc1. The fourth-order valence-corrected chi connectivity index (χ4v) is 3.72. The summed E-state index contributed by atoms with van der Waals surface area (Å²) in [5, 5.41) is 0. The van der Waals surface area contributed by atoms with Crippen molar-refractivity contribution >= 4 is 5.97 Å². The summed E-state index contributed by atoms with van der Waals surface area (Å²) in [7, 11) is 0. The second-order valence-electron chi connectivity index (χ2n) is 8.54. The maximum absolute atomic E-state index is 11.8. The van der Waals surface area contributed by atoms with E-state index in [1.807, 2.05) is 30.3 Å². The maximum Gasteiger partial charge on any atom is 0.311 e. The summed E-state index contributed by atoms with van der Waals surface area (Å²) in [4.78, 5) is 11.8. The number of rotatable bonds is 20. The molecule has 0 atom stereocenters. The lowest BCUT2D eigenvalue weighted by molar-refractivity contribution is -0.134. The third-order valence-electron chi connectivity index (χ3n) is 5.62. The van der Waals surface area contributed by atoms with Crippen LogP contribution in [0.2, 0.25) is 0 Å². The summed E-state index contributed by atoms with van der Waals surface area (Å²) in [6.07, 6.45) is 27.6. The van der Waals surface area contributed by atoms with Crippen LogP contribution in [0.5, 0.6) is 5.75 Å². The van der Waals surface area contributed by atoms with E-state index >= 15 is 0 Å². The first kappa shape index (κ1) is 26.5. The molecule has 0 aliphatic rings. The van der Waals surface area contributed by atoms with Gasteiger partial charge in [0.05, 0.1) is 0 Å². The van der Waals surface area contributed by atoms with Crippen LogP contribution in [-0.4, -0.2) is 5.97 Å². The summed E-state index contributed by atoms with van der Waals surface area (Å²) in [6, 6.07) is 9.34. The number of esters is 1. The summed E-state index contributed by atoms with van der Waals surface area (Å²) in [5.41, 5.74) is 0. The molecule has 0 aliphatic carbocycles. The Bertz CT molecular complexity index is 521. The number of hydrogen-bond donors (Lipinski definition) is 0. The summed E-state index contributed by atoms with van der Waals surface area (Å²) in [6.45, 7) is 2.28. The maximum atomic E-state index is 11.8. The number of carbonyl (C=O) groups is 1. The third-order valence-corrected chi connectivity index (χ3v) is 5.62. The third kappa shape index (κ3) is 17.3. The van der Waals surface area contributed by atoms with E-state index in [1.54, 1.807) is 0 Å². The van der Waals surface area contributed by atoms with Gasteiger partial charge in [-0.1, -0.05) is 114 Å². The van der Waals surface area contributed by atoms with Gasteiger partial charge < -0.3 is 4.74 Å². The molecule has 0 amide bonds. The quantitative estimate of drug-likeness (QED) is 0.0919. The van der Waals surface area contributed by atoms with Gasteiger partial charge in [0.2, 0.25) is 0 Å². The zero-order chi connectivity index (χ0) is 21.5. The first-order valence-corrected chi connectivity index (χ1v) is 12.7. The van der Waals surface area contributed by atoms with Crippen molar-refractivity contribution in [2.75, 3.05) is 0 Å². The molecule has 1 rings (SSSR count). The van der Waals surface area contributed by atoms with Crippen molar-refractivity contribution in [3.8, 4) is 5.75 Å². The number of ether oxygens (including phenoxy) is 1. The second kappa shape index (κ2) is 20.7. The molecule has 2 heteroatoms. The van der Waals surface area contributed by atoms with E-state index in [0.29, 0.717) is 12.2 Å². The highest BCUT2D eigenvalue weighted by atomic mass is 16.5. The Hall–Kier alpha value is -1.57. The monoisotopic (exact) mass is 414 g/mol. The van der Waals surface area contributed by atoms with E-state index in [2.05, 4.69) is 19.1 Å². The van der Waals surface area contributed by atoms with Crippen LogP contribution in [0.25, 0.3) is 0 Å². The van der Waals surface area contributed by atoms with E-state index in [-0.39, 0.29) is 5.97 Å². The van der Waals surface area contributed by atoms with Crippen molar-refractivity contribution in [1.82, 2.24) is 0 Å². The molecule has 0 aliphatic heterocycles. The summed E-state index contributed by atoms with van der Waals surface area (Å²) < 4.78 is 5.31. The van der Waals surface area contributed by atoms with E-state index in [0.717, 1.165) is 12.8 Å². The van der Waals surface area contributed by atoms with Crippen LogP contribution in [-0.2, 0) is 4.79 Å². The molecule has 0 saturated carbocycles. The largest absolute Gasteiger partial charge is 0.427 e. The second-order valence-corrected chi connectivity index (χ2v) is 8.54. The Morgan fingerprint density at radius 2 is 1.13 bits per heavy atom. The van der Waals surface area contributed by atoms with Crippen LogP contribution in [0, 0.1) is 0 Å². The Morgan fingerprint density at radius 3 is 1.67 bits per heavy atom. The fraction of sp³-hybridized carbons (Fsp3) is 0.679. The molecule has 30 heavy (non-hydrogen) atoms. The molecule has 170 valence electrons. The zero-order valence-corrected chi connectivity index (χ0v) is 19.6. The van der Waals surface area contributed by atoms with Crippen molar-refractivity contribution in [1.29, 1.82) is 0 Å². The van der Waals surface area contributed by atoms with Crippen LogP contribution >= 0.6 is 0 Å². The Kier molecular flexibility index (Phi) is 18.3. The predicted octanol–water partition coefficient (Wildman–Crippen LogP) is 9.19. The molecule has 0 radical (unpaired) electrons. The summed E-state index contributed by atoms with van der Waals surface area (Å²) >= 11 is 0. The van der Waals surface area contributed by atoms with E-state index < -0.39 is 0 Å². The minimum absolute atomic E-state index is 0.109. The average Bonchev–Trinajstić information content (AvgIpc) is 2.76. The molecule has 0 heterocycles. The van der Waals surface area contributed by atoms with Gasteiger partial charge in [-0.3, -0.25) is 4.79 Å². The van der Waals surface area contributed by atoms with Gasteiger partial charge in [-0.15, -0.1) is 0 Å². The first-order chi connectivity index (χ1) is 14.8.